The van der Waals surface area contributed by atoms with E-state index in [2.05, 4.69) is 15.9 Å². The lowest BCUT2D eigenvalue weighted by Gasteiger charge is -2.11. The molecule has 1 fully saturated rings. The van der Waals surface area contributed by atoms with E-state index < -0.39 is 0 Å². The summed E-state index contributed by atoms with van der Waals surface area (Å²) < 4.78 is 0.858. The quantitative estimate of drug-likeness (QED) is 0.898. The highest BCUT2D eigenvalue weighted by molar-refractivity contribution is 9.10. The Morgan fingerprint density at radius 2 is 2.13 bits per heavy atom. The molecule has 1 aliphatic carbocycles. The van der Waals surface area contributed by atoms with Gasteiger partial charge in [0.2, 0.25) is 0 Å². The maximum Gasteiger partial charge on any atom is 0.121 e. The van der Waals surface area contributed by atoms with E-state index in [0.717, 1.165) is 35.7 Å². The van der Waals surface area contributed by atoms with E-state index in [1.807, 2.05) is 0 Å². The maximum atomic E-state index is 9.73. The van der Waals surface area contributed by atoms with Crippen LogP contribution in [0.1, 0.15) is 24.8 Å². The monoisotopic (exact) mass is 289 g/mol. The molecule has 1 aromatic carbocycles. The predicted octanol–water partition coefficient (Wildman–Crippen LogP) is 3.23. The third kappa shape index (κ3) is 2.65. The number of benzene rings is 1. The maximum absolute atomic E-state index is 9.73. The van der Waals surface area contributed by atoms with Crippen molar-refractivity contribution in [2.45, 2.75) is 31.2 Å². The first-order chi connectivity index (χ1) is 7.00. The number of hydrogen-bond donors (Lipinski definition) is 2. The molecule has 1 aliphatic rings. The van der Waals surface area contributed by atoms with Crippen LogP contribution < -0.4 is 5.73 Å². The van der Waals surface area contributed by atoms with Crippen LogP contribution in [-0.4, -0.2) is 10.6 Å². The summed E-state index contributed by atoms with van der Waals surface area (Å²) >= 11 is 9.21. The lowest BCUT2D eigenvalue weighted by molar-refractivity contribution is 0.464. The summed E-state index contributed by atoms with van der Waals surface area (Å²) in [6.07, 6.45) is 3.90. The Hall–Kier alpha value is -0.250. The zero-order valence-corrected chi connectivity index (χ0v) is 10.6. The Morgan fingerprint density at radius 1 is 1.47 bits per heavy atom. The smallest absolute Gasteiger partial charge is 0.121 e. The number of aromatic hydroxyl groups is 1. The molecule has 1 saturated carbocycles. The molecule has 1 aromatic rings. The first-order valence-corrected chi connectivity index (χ1v) is 6.13. The summed E-state index contributed by atoms with van der Waals surface area (Å²) in [6, 6.07) is 3.37. The van der Waals surface area contributed by atoms with Crippen LogP contribution in [-0.2, 0) is 6.42 Å². The molecular formula is C11H13BrClNO. The number of halogens is 2. The molecule has 82 valence electrons. The van der Waals surface area contributed by atoms with Crippen molar-refractivity contribution in [1.29, 1.82) is 0 Å². The molecular weight excluding hydrogens is 277 g/mol. The second-order valence-electron chi connectivity index (χ2n) is 4.25. The van der Waals surface area contributed by atoms with Gasteiger partial charge in [-0.3, -0.25) is 0 Å². The summed E-state index contributed by atoms with van der Waals surface area (Å²) in [6.45, 7) is 0. The molecule has 0 amide bonds. The molecule has 0 aliphatic heterocycles. The Balaban J connectivity index is 2.13. The van der Waals surface area contributed by atoms with Gasteiger partial charge in [-0.15, -0.1) is 0 Å². The number of nitrogens with two attached hydrogens (primary N) is 1. The number of phenols is 1. The molecule has 0 atom stereocenters. The second-order valence-corrected chi connectivity index (χ2v) is 5.54. The van der Waals surface area contributed by atoms with Crippen molar-refractivity contribution in [3.63, 3.8) is 0 Å². The predicted molar refractivity (Wildman–Crippen MR) is 65.3 cm³/mol. The average molecular weight is 291 g/mol. The van der Waals surface area contributed by atoms with E-state index in [4.69, 9.17) is 17.3 Å². The van der Waals surface area contributed by atoms with Crippen LogP contribution in [0.5, 0.6) is 5.75 Å². The van der Waals surface area contributed by atoms with E-state index in [-0.39, 0.29) is 11.3 Å². The number of hydrogen-bond acceptors (Lipinski definition) is 2. The highest BCUT2D eigenvalue weighted by Gasteiger charge is 2.37. The Labute approximate surface area is 103 Å². The van der Waals surface area contributed by atoms with Crippen molar-refractivity contribution >= 4 is 27.5 Å². The number of rotatable bonds is 3. The van der Waals surface area contributed by atoms with Crippen molar-refractivity contribution in [2.24, 2.45) is 5.73 Å². The van der Waals surface area contributed by atoms with Gasteiger partial charge in [-0.1, -0.05) is 27.5 Å². The highest BCUT2D eigenvalue weighted by atomic mass is 79.9. The fourth-order valence-electron chi connectivity index (χ4n) is 1.62. The van der Waals surface area contributed by atoms with Gasteiger partial charge in [-0.25, -0.2) is 0 Å². The summed E-state index contributed by atoms with van der Waals surface area (Å²) in [5.41, 5.74) is 6.92. The van der Waals surface area contributed by atoms with Gasteiger partial charge in [-0.2, -0.15) is 0 Å². The molecule has 0 spiro atoms. The zero-order valence-electron chi connectivity index (χ0n) is 8.26. The minimum Gasteiger partial charge on any atom is -0.508 e. The van der Waals surface area contributed by atoms with Gasteiger partial charge in [0.15, 0.2) is 0 Å². The molecule has 2 nitrogen and oxygen atoms in total. The third-order valence-corrected chi connectivity index (χ3v) is 3.83. The van der Waals surface area contributed by atoms with Crippen molar-refractivity contribution < 1.29 is 5.11 Å². The van der Waals surface area contributed by atoms with E-state index in [9.17, 15) is 5.11 Å². The second kappa shape index (κ2) is 3.96. The van der Waals surface area contributed by atoms with Crippen molar-refractivity contribution in [1.82, 2.24) is 0 Å². The Kier molecular flexibility index (Phi) is 2.97. The lowest BCUT2D eigenvalue weighted by atomic mass is 10.0. The van der Waals surface area contributed by atoms with E-state index in [1.54, 1.807) is 12.1 Å². The van der Waals surface area contributed by atoms with E-state index >= 15 is 0 Å². The third-order valence-electron chi connectivity index (χ3n) is 2.90. The SMILES string of the molecule is NC1(CCc2c(O)cc(Cl)cc2Br)CC1. The zero-order chi connectivity index (χ0) is 11.1. The first kappa shape index (κ1) is 11.2. The summed E-state index contributed by atoms with van der Waals surface area (Å²) in [5.74, 6) is 0.249. The van der Waals surface area contributed by atoms with Gasteiger partial charge in [-0.05, 0) is 37.8 Å². The van der Waals surface area contributed by atoms with Gasteiger partial charge in [0.25, 0.3) is 0 Å². The Bertz CT molecular complexity index is 367. The van der Waals surface area contributed by atoms with Crippen LogP contribution in [0.15, 0.2) is 16.6 Å². The number of phenolic OH excluding ortho intramolecular Hbond substituents is 1. The minimum atomic E-state index is 0.0194. The van der Waals surface area contributed by atoms with Crippen molar-refractivity contribution in [3.05, 3.63) is 27.2 Å². The van der Waals surface area contributed by atoms with Crippen LogP contribution >= 0.6 is 27.5 Å². The van der Waals surface area contributed by atoms with Crippen LogP contribution in [0.2, 0.25) is 5.02 Å². The van der Waals surface area contributed by atoms with Gasteiger partial charge in [0.1, 0.15) is 5.75 Å². The van der Waals surface area contributed by atoms with E-state index in [1.165, 1.54) is 0 Å². The van der Waals surface area contributed by atoms with Crippen molar-refractivity contribution in [3.8, 4) is 5.75 Å². The molecule has 2 rings (SSSR count). The fourth-order valence-corrected chi connectivity index (χ4v) is 2.61. The van der Waals surface area contributed by atoms with E-state index in [0.29, 0.717) is 5.02 Å². The summed E-state index contributed by atoms with van der Waals surface area (Å²) in [7, 11) is 0. The van der Waals surface area contributed by atoms with Gasteiger partial charge in [0, 0.05) is 20.6 Å². The molecule has 0 saturated heterocycles. The molecule has 0 bridgehead atoms. The van der Waals surface area contributed by atoms with Crippen LogP contribution in [0.3, 0.4) is 0 Å². The van der Waals surface area contributed by atoms with Crippen molar-refractivity contribution in [2.75, 3.05) is 0 Å². The molecule has 0 heterocycles. The first-order valence-electron chi connectivity index (χ1n) is 4.96. The molecule has 0 aromatic heterocycles. The average Bonchev–Trinajstić information content (AvgIpc) is 2.82. The fraction of sp³-hybridized carbons (Fsp3) is 0.455. The standard InChI is InChI=1S/C11H13BrClNO/c12-9-5-7(13)6-10(15)8(9)1-2-11(14)3-4-11/h5-6,15H,1-4,14H2. The van der Waals surface area contributed by atoms with Crippen LogP contribution in [0.4, 0.5) is 0 Å². The highest BCUT2D eigenvalue weighted by Crippen LogP contribution is 2.39. The molecule has 0 radical (unpaired) electrons. The molecule has 0 unspecified atom stereocenters. The normalized spacial score (nSPS) is 17.8. The summed E-state index contributed by atoms with van der Waals surface area (Å²) in [5, 5.41) is 10.3. The van der Waals surface area contributed by atoms with Crippen LogP contribution in [0, 0.1) is 0 Å². The lowest BCUT2D eigenvalue weighted by Crippen LogP contribution is -2.22. The Morgan fingerprint density at radius 3 is 2.67 bits per heavy atom. The minimum absolute atomic E-state index is 0.0194. The molecule has 15 heavy (non-hydrogen) atoms. The topological polar surface area (TPSA) is 46.2 Å². The van der Waals surface area contributed by atoms with Gasteiger partial charge in [0.05, 0.1) is 0 Å². The largest absolute Gasteiger partial charge is 0.508 e. The van der Waals surface area contributed by atoms with Gasteiger partial charge < -0.3 is 10.8 Å². The molecule has 4 heteroatoms. The summed E-state index contributed by atoms with van der Waals surface area (Å²) in [4.78, 5) is 0. The van der Waals surface area contributed by atoms with Gasteiger partial charge >= 0.3 is 0 Å². The molecule has 3 N–H and O–H groups in total. The van der Waals surface area contributed by atoms with Crippen LogP contribution in [0.25, 0.3) is 0 Å².